The van der Waals surface area contributed by atoms with E-state index in [1.54, 1.807) is 0 Å². The number of carbonyl (C=O) groups excluding carboxylic acids is 1. The van der Waals surface area contributed by atoms with E-state index in [0.717, 1.165) is 37.3 Å². The van der Waals surface area contributed by atoms with Crippen molar-refractivity contribution in [3.63, 3.8) is 0 Å². The minimum atomic E-state index is 0.220. The summed E-state index contributed by atoms with van der Waals surface area (Å²) < 4.78 is 0. The van der Waals surface area contributed by atoms with Gasteiger partial charge in [-0.3, -0.25) is 4.79 Å². The Bertz CT molecular complexity index is 467. The third kappa shape index (κ3) is 4.74. The third-order valence-electron chi connectivity index (χ3n) is 4.46. The van der Waals surface area contributed by atoms with Crippen LogP contribution in [0.1, 0.15) is 24.8 Å². The molecule has 1 aromatic rings. The average molecular weight is 289 g/mol. The van der Waals surface area contributed by atoms with Gasteiger partial charge in [0.1, 0.15) is 0 Å². The number of likely N-dealkylation sites (tertiary alicyclic amines) is 1. The molecule has 2 N–H and O–H groups in total. The summed E-state index contributed by atoms with van der Waals surface area (Å²) in [5.74, 6) is 0.870. The maximum Gasteiger partial charge on any atom is 0.222 e. The highest BCUT2D eigenvalue weighted by Crippen LogP contribution is 2.18. The van der Waals surface area contributed by atoms with Crippen LogP contribution in [0.15, 0.2) is 24.3 Å². The molecule has 1 saturated heterocycles. The van der Waals surface area contributed by atoms with Gasteiger partial charge in [0.15, 0.2) is 0 Å². The van der Waals surface area contributed by atoms with Crippen molar-refractivity contribution in [1.29, 1.82) is 0 Å². The Morgan fingerprint density at radius 3 is 2.67 bits per heavy atom. The minimum absolute atomic E-state index is 0.220. The number of rotatable bonds is 5. The van der Waals surface area contributed by atoms with Crippen molar-refractivity contribution in [2.24, 2.45) is 5.92 Å². The van der Waals surface area contributed by atoms with E-state index in [9.17, 15) is 4.79 Å². The molecule has 0 radical (unpaired) electrons. The van der Waals surface area contributed by atoms with E-state index in [1.165, 1.54) is 12.8 Å². The molecule has 0 aliphatic carbocycles. The lowest BCUT2D eigenvalue weighted by molar-refractivity contribution is -0.130. The second-order valence-electron chi connectivity index (χ2n) is 6.22. The number of benzene rings is 1. The first kappa shape index (κ1) is 15.8. The number of hydrogen-bond donors (Lipinski definition) is 1. The summed E-state index contributed by atoms with van der Waals surface area (Å²) >= 11 is 0. The molecule has 116 valence electrons. The van der Waals surface area contributed by atoms with E-state index in [0.29, 0.717) is 12.3 Å². The molecule has 0 saturated carbocycles. The van der Waals surface area contributed by atoms with Gasteiger partial charge in [-0.15, -0.1) is 0 Å². The van der Waals surface area contributed by atoms with Crippen LogP contribution < -0.4 is 5.73 Å². The van der Waals surface area contributed by atoms with E-state index < -0.39 is 0 Å². The van der Waals surface area contributed by atoms with Gasteiger partial charge in [0.05, 0.1) is 0 Å². The number of anilines is 1. The first-order chi connectivity index (χ1) is 10.1. The van der Waals surface area contributed by atoms with Crippen molar-refractivity contribution in [2.45, 2.75) is 25.7 Å². The Kier molecular flexibility index (Phi) is 5.62. The molecule has 0 unspecified atom stereocenters. The molecule has 21 heavy (non-hydrogen) atoms. The number of aryl methyl sites for hydroxylation is 1. The van der Waals surface area contributed by atoms with Crippen LogP contribution in [0.4, 0.5) is 5.69 Å². The number of piperidine rings is 1. The second kappa shape index (κ2) is 7.46. The summed E-state index contributed by atoms with van der Waals surface area (Å²) in [4.78, 5) is 16.5. The number of hydrogen-bond acceptors (Lipinski definition) is 3. The van der Waals surface area contributed by atoms with Gasteiger partial charge in [-0.05, 0) is 56.9 Å². The molecule has 4 heteroatoms. The molecule has 4 nitrogen and oxygen atoms in total. The predicted octanol–water partition coefficient (Wildman–Crippen LogP) is 2.00. The molecular weight excluding hydrogens is 262 g/mol. The molecule has 0 atom stereocenters. The number of nitrogens with two attached hydrogens (primary N) is 1. The third-order valence-corrected chi connectivity index (χ3v) is 4.46. The number of nitrogen functional groups attached to an aromatic ring is 1. The quantitative estimate of drug-likeness (QED) is 0.844. The zero-order valence-corrected chi connectivity index (χ0v) is 13.2. The van der Waals surface area contributed by atoms with Gasteiger partial charge in [-0.2, -0.15) is 0 Å². The Morgan fingerprint density at radius 2 is 2.00 bits per heavy atom. The monoisotopic (exact) mass is 289 g/mol. The van der Waals surface area contributed by atoms with Gasteiger partial charge >= 0.3 is 0 Å². The van der Waals surface area contributed by atoms with Crippen molar-refractivity contribution >= 4 is 11.6 Å². The van der Waals surface area contributed by atoms with Gasteiger partial charge in [-0.1, -0.05) is 18.2 Å². The highest BCUT2D eigenvalue weighted by atomic mass is 16.2. The van der Waals surface area contributed by atoms with E-state index in [4.69, 9.17) is 5.73 Å². The number of carbonyl (C=O) groups is 1. The van der Waals surface area contributed by atoms with Crippen LogP contribution >= 0.6 is 0 Å². The Balaban J connectivity index is 1.76. The summed E-state index contributed by atoms with van der Waals surface area (Å²) in [6, 6.07) is 7.78. The molecule has 1 aliphatic rings. The van der Waals surface area contributed by atoms with Gasteiger partial charge in [0.25, 0.3) is 0 Å². The zero-order valence-electron chi connectivity index (χ0n) is 13.2. The number of amides is 1. The second-order valence-corrected chi connectivity index (χ2v) is 6.22. The van der Waals surface area contributed by atoms with Crippen LogP contribution in [-0.2, 0) is 11.2 Å². The maximum absolute atomic E-state index is 12.2. The molecule has 2 rings (SSSR count). The van der Waals surface area contributed by atoms with Crippen molar-refractivity contribution in [2.75, 3.05) is 39.5 Å². The van der Waals surface area contributed by atoms with Crippen molar-refractivity contribution in [3.05, 3.63) is 29.8 Å². The topological polar surface area (TPSA) is 49.6 Å². The summed E-state index contributed by atoms with van der Waals surface area (Å²) in [6.07, 6.45) is 3.65. The molecule has 1 heterocycles. The lowest BCUT2D eigenvalue weighted by Gasteiger charge is -2.31. The van der Waals surface area contributed by atoms with Crippen molar-refractivity contribution in [3.8, 4) is 0 Å². The molecular formula is C17H27N3O. The van der Waals surface area contributed by atoms with E-state index >= 15 is 0 Å². The molecule has 0 bridgehead atoms. The molecule has 1 aliphatic heterocycles. The molecule has 0 aromatic heterocycles. The number of nitrogens with zero attached hydrogens (tertiary/aromatic N) is 2. The molecule has 1 amide bonds. The smallest absolute Gasteiger partial charge is 0.222 e. The normalized spacial score (nSPS) is 16.9. The van der Waals surface area contributed by atoms with E-state index in [2.05, 4.69) is 11.9 Å². The molecule has 0 spiro atoms. The van der Waals surface area contributed by atoms with Crippen molar-refractivity contribution in [1.82, 2.24) is 9.80 Å². The minimum Gasteiger partial charge on any atom is -0.399 e. The largest absolute Gasteiger partial charge is 0.399 e. The maximum atomic E-state index is 12.2. The lowest BCUT2D eigenvalue weighted by atomic mass is 9.96. The standard InChI is InChI=1S/C17H27N3O/c1-19-11-9-14(10-12-19)13-20(2)17(21)8-7-15-5-3-4-6-16(15)18/h3-6,14H,7-13,18H2,1-2H3. The van der Waals surface area contributed by atoms with Crippen LogP contribution in [0, 0.1) is 5.92 Å². The van der Waals surface area contributed by atoms with Crippen LogP contribution in [-0.4, -0.2) is 49.4 Å². The van der Waals surface area contributed by atoms with E-state index in [1.807, 2.05) is 36.2 Å². The van der Waals surface area contributed by atoms with Crippen molar-refractivity contribution < 1.29 is 4.79 Å². The fourth-order valence-corrected chi connectivity index (χ4v) is 2.93. The van der Waals surface area contributed by atoms with Crippen LogP contribution in [0.25, 0.3) is 0 Å². The van der Waals surface area contributed by atoms with Crippen LogP contribution in [0.5, 0.6) is 0 Å². The fraction of sp³-hybridized carbons (Fsp3) is 0.588. The Morgan fingerprint density at radius 1 is 1.33 bits per heavy atom. The summed E-state index contributed by atoms with van der Waals surface area (Å²) in [5.41, 5.74) is 7.76. The molecule has 1 aromatic carbocycles. The zero-order chi connectivity index (χ0) is 15.2. The summed E-state index contributed by atoms with van der Waals surface area (Å²) in [5, 5.41) is 0. The highest BCUT2D eigenvalue weighted by molar-refractivity contribution is 5.76. The van der Waals surface area contributed by atoms with Gasteiger partial charge in [-0.25, -0.2) is 0 Å². The van der Waals surface area contributed by atoms with Crippen LogP contribution in [0.2, 0.25) is 0 Å². The predicted molar refractivity (Wildman–Crippen MR) is 87.0 cm³/mol. The van der Waals surface area contributed by atoms with Gasteiger partial charge in [0, 0.05) is 25.7 Å². The average Bonchev–Trinajstić information content (AvgIpc) is 2.48. The first-order valence-corrected chi connectivity index (χ1v) is 7.82. The van der Waals surface area contributed by atoms with Crippen LogP contribution in [0.3, 0.4) is 0 Å². The molecule has 1 fully saturated rings. The van der Waals surface area contributed by atoms with E-state index in [-0.39, 0.29) is 5.91 Å². The number of para-hydroxylation sites is 1. The SMILES string of the molecule is CN1CCC(CN(C)C(=O)CCc2ccccc2N)CC1. The Hall–Kier alpha value is -1.55. The summed E-state index contributed by atoms with van der Waals surface area (Å²) in [7, 11) is 4.09. The Labute approximate surface area is 127 Å². The fourth-order valence-electron chi connectivity index (χ4n) is 2.93. The first-order valence-electron chi connectivity index (χ1n) is 7.82. The van der Waals surface area contributed by atoms with Gasteiger partial charge < -0.3 is 15.5 Å². The summed E-state index contributed by atoms with van der Waals surface area (Å²) in [6.45, 7) is 3.18. The lowest BCUT2D eigenvalue weighted by Crippen LogP contribution is -2.38. The van der Waals surface area contributed by atoms with Gasteiger partial charge in [0.2, 0.25) is 5.91 Å². The highest BCUT2D eigenvalue weighted by Gasteiger charge is 2.20.